The molecule has 0 aliphatic carbocycles. The minimum atomic E-state index is -0.706. The summed E-state index contributed by atoms with van der Waals surface area (Å²) >= 11 is 0. The Morgan fingerprint density at radius 3 is 1.86 bits per heavy atom. The summed E-state index contributed by atoms with van der Waals surface area (Å²) in [6.45, 7) is 7.12. The first-order valence-electron chi connectivity index (χ1n) is 2.55. The van der Waals surface area contributed by atoms with Crippen molar-refractivity contribution >= 4 is 27.4 Å². The number of hydrogen-bond donors (Lipinski definition) is 0. The van der Waals surface area contributed by atoms with Crippen LogP contribution in [-0.4, -0.2) is 27.4 Å². The molecule has 0 bridgehead atoms. The fourth-order valence-corrected chi connectivity index (χ4v) is 11.7. The lowest BCUT2D eigenvalue weighted by molar-refractivity contribution is 0.679. The first-order valence-corrected chi connectivity index (χ1v) is 9.77. The van der Waals surface area contributed by atoms with E-state index in [0.717, 1.165) is 10.5 Å². The van der Waals surface area contributed by atoms with Gasteiger partial charge in [0.15, 0.2) is 0 Å². The molecule has 0 aliphatic heterocycles. The second-order valence-electron chi connectivity index (χ2n) is 2.99. The summed E-state index contributed by atoms with van der Waals surface area (Å²) in [7, 11) is 0.221. The molecular weight excluding hydrogens is 136 g/mol. The topological polar surface area (TPSA) is 9.23 Å². The van der Waals surface area contributed by atoms with Crippen molar-refractivity contribution in [3.63, 3.8) is 0 Å². The quantitative estimate of drug-likeness (QED) is 0.469. The van der Waals surface area contributed by atoms with Gasteiger partial charge in [0, 0.05) is 0 Å². The van der Waals surface area contributed by atoms with E-state index in [9.17, 15) is 0 Å². The second kappa shape index (κ2) is 2.81. The van der Waals surface area contributed by atoms with E-state index in [1.165, 1.54) is 0 Å². The van der Waals surface area contributed by atoms with Gasteiger partial charge in [-0.15, -0.1) is 0 Å². The third-order valence-corrected chi connectivity index (χ3v) is 7.79. The molecule has 0 aromatic heterocycles. The van der Waals surface area contributed by atoms with Gasteiger partial charge in [0.25, 0.3) is 0 Å². The van der Waals surface area contributed by atoms with Gasteiger partial charge in [-0.2, -0.15) is 0 Å². The van der Waals surface area contributed by atoms with Crippen molar-refractivity contribution in [2.45, 2.75) is 19.6 Å². The zero-order valence-corrected chi connectivity index (χ0v) is 10.0. The minimum Gasteiger partial charge on any atom is -0.470 e. The summed E-state index contributed by atoms with van der Waals surface area (Å²) in [6, 6.07) is 0. The highest BCUT2D eigenvalue weighted by atomic mass is 29.2. The van der Waals surface area contributed by atoms with Crippen molar-refractivity contribution in [3.05, 3.63) is 0 Å². The Kier molecular flexibility index (Phi) is 3.05. The molecule has 0 aromatic carbocycles. The first-order chi connectivity index (χ1) is 3.06. The Balaban J connectivity index is 3.15. The molecule has 0 rings (SSSR count). The molecule has 0 aliphatic rings. The molecule has 0 spiro atoms. The minimum absolute atomic E-state index is 0.0394. The molecule has 44 valence electrons. The lowest BCUT2D eigenvalue weighted by Gasteiger charge is -2.11. The highest BCUT2D eigenvalue weighted by molar-refractivity contribution is 7.21. The molecule has 0 saturated carbocycles. The molecule has 0 saturated heterocycles. The summed E-state index contributed by atoms with van der Waals surface area (Å²) in [5.41, 5.74) is 0. The largest absolute Gasteiger partial charge is 0.470 e. The molecule has 0 radical (unpaired) electrons. The van der Waals surface area contributed by atoms with Crippen LogP contribution in [0.2, 0.25) is 19.6 Å². The summed E-state index contributed by atoms with van der Waals surface area (Å²) in [4.78, 5) is 0. The third-order valence-electron chi connectivity index (χ3n) is 0.577. The van der Waals surface area contributed by atoms with Gasteiger partial charge in [0.1, 0.15) is 19.8 Å². The molecule has 0 amide bonds. The third kappa shape index (κ3) is 6.61. The molecule has 0 aromatic rings. The van der Waals surface area contributed by atoms with E-state index in [2.05, 4.69) is 19.6 Å². The summed E-state index contributed by atoms with van der Waals surface area (Å²) < 4.78 is 5.25. The van der Waals surface area contributed by atoms with E-state index >= 15 is 0 Å². The molecular formula is C3H14OSi3. The van der Waals surface area contributed by atoms with E-state index in [1.807, 2.05) is 0 Å². The van der Waals surface area contributed by atoms with E-state index in [-0.39, 0.29) is 9.28 Å². The normalized spacial score (nSPS) is 14.1. The maximum atomic E-state index is 5.25. The average Bonchev–Trinajstić information content (AvgIpc) is 1.30. The molecule has 1 nitrogen and oxygen atoms in total. The van der Waals surface area contributed by atoms with Gasteiger partial charge < -0.3 is 4.12 Å². The molecule has 0 atom stereocenters. The molecule has 0 unspecified atom stereocenters. The number of hydrogen-bond acceptors (Lipinski definition) is 1. The standard InChI is InChI=1S/C3H14OSi3/c1-7(2,3)6-4-5/h6H2,1-3,5H3. The highest BCUT2D eigenvalue weighted by Crippen LogP contribution is 1.95. The molecule has 7 heavy (non-hydrogen) atoms. The van der Waals surface area contributed by atoms with Crippen molar-refractivity contribution in [3.8, 4) is 0 Å². The van der Waals surface area contributed by atoms with Crippen LogP contribution in [0.25, 0.3) is 0 Å². The Hall–Kier alpha value is 0.611. The maximum Gasteiger partial charge on any atom is 0.133 e. The molecule has 0 N–H and O–H groups in total. The fourth-order valence-electron chi connectivity index (χ4n) is 0.433. The fraction of sp³-hybridized carbons (Fsp3) is 1.00. The molecule has 0 heterocycles. The average molecular weight is 150 g/mol. The van der Waals surface area contributed by atoms with Gasteiger partial charge in [0.2, 0.25) is 0 Å². The Morgan fingerprint density at radius 1 is 1.43 bits per heavy atom. The van der Waals surface area contributed by atoms with E-state index in [4.69, 9.17) is 4.12 Å². The lowest BCUT2D eigenvalue weighted by Crippen LogP contribution is -2.31. The van der Waals surface area contributed by atoms with Crippen molar-refractivity contribution < 1.29 is 4.12 Å². The molecule has 4 heteroatoms. The first kappa shape index (κ1) is 7.61. The van der Waals surface area contributed by atoms with Crippen LogP contribution in [0.4, 0.5) is 0 Å². The van der Waals surface area contributed by atoms with Crippen molar-refractivity contribution in [2.24, 2.45) is 0 Å². The lowest BCUT2D eigenvalue weighted by atomic mass is 11.8. The number of rotatable bonds is 2. The predicted octanol–water partition coefficient (Wildman–Crippen LogP) is -0.798. The van der Waals surface area contributed by atoms with Crippen LogP contribution >= 0.6 is 0 Å². The van der Waals surface area contributed by atoms with E-state index < -0.39 is 7.59 Å². The van der Waals surface area contributed by atoms with Crippen molar-refractivity contribution in [1.29, 1.82) is 0 Å². The van der Waals surface area contributed by atoms with Gasteiger partial charge in [-0.1, -0.05) is 19.6 Å². The van der Waals surface area contributed by atoms with Crippen LogP contribution in [0.15, 0.2) is 0 Å². The monoisotopic (exact) mass is 150 g/mol. The highest BCUT2D eigenvalue weighted by Gasteiger charge is 2.11. The van der Waals surface area contributed by atoms with Crippen LogP contribution < -0.4 is 0 Å². The van der Waals surface area contributed by atoms with Crippen molar-refractivity contribution in [2.75, 3.05) is 0 Å². The van der Waals surface area contributed by atoms with Crippen LogP contribution in [0.1, 0.15) is 0 Å². The van der Waals surface area contributed by atoms with Crippen LogP contribution in [0.5, 0.6) is 0 Å². The van der Waals surface area contributed by atoms with Crippen LogP contribution in [0, 0.1) is 0 Å². The zero-order valence-electron chi connectivity index (χ0n) is 5.62. The van der Waals surface area contributed by atoms with Gasteiger partial charge in [-0.3, -0.25) is 0 Å². The SMILES string of the molecule is C[Si](C)(C)[SiH2]O[SiH3]. The summed E-state index contributed by atoms with van der Waals surface area (Å²) in [6.07, 6.45) is 0. The Morgan fingerprint density at radius 2 is 1.86 bits per heavy atom. The molecule has 0 fully saturated rings. The van der Waals surface area contributed by atoms with Gasteiger partial charge in [0.05, 0.1) is 7.59 Å². The Bertz CT molecular complexity index is 48.6. The maximum absolute atomic E-state index is 5.25. The van der Waals surface area contributed by atoms with Crippen LogP contribution in [-0.2, 0) is 4.12 Å². The van der Waals surface area contributed by atoms with E-state index in [0.29, 0.717) is 0 Å². The Labute approximate surface area is 51.7 Å². The predicted molar refractivity (Wildman–Crippen MR) is 42.9 cm³/mol. The smallest absolute Gasteiger partial charge is 0.133 e. The van der Waals surface area contributed by atoms with Crippen molar-refractivity contribution in [1.82, 2.24) is 0 Å². The zero-order chi connectivity index (χ0) is 5.91. The summed E-state index contributed by atoms with van der Waals surface area (Å²) in [5.74, 6) is 0. The van der Waals surface area contributed by atoms with E-state index in [1.54, 1.807) is 0 Å². The van der Waals surface area contributed by atoms with Crippen LogP contribution in [0.3, 0.4) is 0 Å². The van der Waals surface area contributed by atoms with Gasteiger partial charge >= 0.3 is 0 Å². The second-order valence-corrected chi connectivity index (χ2v) is 17.9. The van der Waals surface area contributed by atoms with Gasteiger partial charge in [-0.25, -0.2) is 0 Å². The van der Waals surface area contributed by atoms with Gasteiger partial charge in [-0.05, 0) is 0 Å². The summed E-state index contributed by atoms with van der Waals surface area (Å²) in [5, 5.41) is 0.